The van der Waals surface area contributed by atoms with Crippen LogP contribution in [0.1, 0.15) is 29.5 Å². The van der Waals surface area contributed by atoms with Gasteiger partial charge in [0.1, 0.15) is 17.3 Å². The molecule has 1 aromatic heterocycles. The molecule has 1 atom stereocenters. The van der Waals surface area contributed by atoms with Crippen LogP contribution in [0.25, 0.3) is 0 Å². The molecule has 0 aliphatic carbocycles. The van der Waals surface area contributed by atoms with E-state index in [0.29, 0.717) is 13.2 Å². The number of hydrogen-bond acceptors (Lipinski definition) is 4. The number of nitrogens with one attached hydrogen (secondary N) is 1. The Labute approximate surface area is 148 Å². The molecule has 0 spiro atoms. The van der Waals surface area contributed by atoms with Crippen LogP contribution in [-0.4, -0.2) is 40.7 Å². The number of rotatable bonds is 4. The zero-order valence-corrected chi connectivity index (χ0v) is 13.7. The molecule has 1 fully saturated rings. The van der Waals surface area contributed by atoms with Crippen molar-refractivity contribution in [2.75, 3.05) is 19.8 Å². The van der Waals surface area contributed by atoms with Gasteiger partial charge in [-0.25, -0.2) is 27.9 Å². The van der Waals surface area contributed by atoms with Crippen LogP contribution in [0.15, 0.2) is 36.5 Å². The number of ether oxygens (including phenoxy) is 1. The van der Waals surface area contributed by atoms with Gasteiger partial charge in [0.05, 0.1) is 25.8 Å². The molecule has 0 radical (unpaired) electrons. The molecule has 2 amide bonds. The van der Waals surface area contributed by atoms with Crippen LogP contribution in [0.5, 0.6) is 0 Å². The summed E-state index contributed by atoms with van der Waals surface area (Å²) in [4.78, 5) is 21.7. The van der Waals surface area contributed by atoms with Gasteiger partial charge in [-0.15, -0.1) is 0 Å². The third-order valence-electron chi connectivity index (χ3n) is 3.99. The van der Waals surface area contributed by atoms with Crippen LogP contribution in [0, 0.1) is 5.82 Å². The van der Waals surface area contributed by atoms with E-state index in [2.05, 4.69) is 15.3 Å². The van der Waals surface area contributed by atoms with E-state index in [1.807, 2.05) is 0 Å². The quantitative estimate of drug-likeness (QED) is 0.904. The Balaban J connectivity index is 1.67. The van der Waals surface area contributed by atoms with Crippen molar-refractivity contribution in [1.82, 2.24) is 20.2 Å². The molecule has 1 aliphatic rings. The molecule has 1 aromatic carbocycles. The number of urea groups is 1. The predicted molar refractivity (Wildman–Crippen MR) is 85.9 cm³/mol. The van der Waals surface area contributed by atoms with Gasteiger partial charge < -0.3 is 15.0 Å². The highest BCUT2D eigenvalue weighted by Crippen LogP contribution is 2.24. The van der Waals surface area contributed by atoms with Crippen LogP contribution in [0.2, 0.25) is 0 Å². The van der Waals surface area contributed by atoms with Crippen LogP contribution < -0.4 is 5.32 Å². The number of hydrogen-bond donors (Lipinski definition) is 1. The van der Waals surface area contributed by atoms with Crippen LogP contribution in [0.3, 0.4) is 0 Å². The first-order valence-electron chi connectivity index (χ1n) is 8.02. The summed E-state index contributed by atoms with van der Waals surface area (Å²) >= 11 is 0. The van der Waals surface area contributed by atoms with Crippen molar-refractivity contribution < 1.29 is 22.7 Å². The molecule has 1 N–H and O–H groups in total. The Hall–Kier alpha value is -2.68. The molecule has 1 unspecified atom stereocenters. The first-order chi connectivity index (χ1) is 12.5. The predicted octanol–water partition coefficient (Wildman–Crippen LogP) is 2.84. The van der Waals surface area contributed by atoms with E-state index in [0.717, 1.165) is 11.6 Å². The van der Waals surface area contributed by atoms with Crippen molar-refractivity contribution in [1.29, 1.82) is 0 Å². The summed E-state index contributed by atoms with van der Waals surface area (Å²) in [5.41, 5.74) is 0.358. The second kappa shape index (κ2) is 8.13. The van der Waals surface area contributed by atoms with Gasteiger partial charge in [0, 0.05) is 12.7 Å². The first kappa shape index (κ1) is 18.1. The smallest absolute Gasteiger partial charge is 0.318 e. The SMILES string of the molecule is O=C(NCc1nccc(C(F)F)n1)N1CCOCC1c1ccc(F)cc1. The van der Waals surface area contributed by atoms with E-state index in [1.54, 1.807) is 17.0 Å². The summed E-state index contributed by atoms with van der Waals surface area (Å²) < 4.78 is 43.9. The summed E-state index contributed by atoms with van der Waals surface area (Å²) in [5.74, 6) is -0.264. The topological polar surface area (TPSA) is 67.4 Å². The Kier molecular flexibility index (Phi) is 5.67. The van der Waals surface area contributed by atoms with E-state index in [-0.39, 0.29) is 36.5 Å². The molecule has 1 saturated heterocycles. The van der Waals surface area contributed by atoms with Gasteiger partial charge in [-0.05, 0) is 23.8 Å². The molecule has 2 aromatic rings. The number of carbonyl (C=O) groups excluding carboxylic acids is 1. The molecule has 3 rings (SSSR count). The fraction of sp³-hybridized carbons (Fsp3) is 0.353. The number of halogens is 3. The maximum Gasteiger partial charge on any atom is 0.318 e. The van der Waals surface area contributed by atoms with Gasteiger partial charge in [0.2, 0.25) is 0 Å². The summed E-state index contributed by atoms with van der Waals surface area (Å²) in [6, 6.07) is 6.22. The molecule has 6 nitrogen and oxygen atoms in total. The largest absolute Gasteiger partial charge is 0.377 e. The molecular weight excluding hydrogens is 349 g/mol. The Bertz CT molecular complexity index is 758. The number of morpholine rings is 1. The molecule has 0 bridgehead atoms. The van der Waals surface area contributed by atoms with Gasteiger partial charge in [0.15, 0.2) is 0 Å². The number of benzene rings is 1. The molecule has 0 saturated carbocycles. The molecule has 9 heteroatoms. The maximum absolute atomic E-state index is 13.1. The molecule has 1 aliphatic heterocycles. The summed E-state index contributed by atoms with van der Waals surface area (Å²) in [7, 11) is 0. The fourth-order valence-electron chi connectivity index (χ4n) is 2.69. The van der Waals surface area contributed by atoms with E-state index >= 15 is 0 Å². The van der Waals surface area contributed by atoms with Crippen molar-refractivity contribution in [2.24, 2.45) is 0 Å². The number of alkyl halides is 2. The van der Waals surface area contributed by atoms with Crippen molar-refractivity contribution >= 4 is 6.03 Å². The van der Waals surface area contributed by atoms with Crippen molar-refractivity contribution in [2.45, 2.75) is 19.0 Å². The average molecular weight is 366 g/mol. The van der Waals surface area contributed by atoms with E-state index in [9.17, 15) is 18.0 Å². The average Bonchev–Trinajstić information content (AvgIpc) is 2.67. The third-order valence-corrected chi connectivity index (χ3v) is 3.99. The van der Waals surface area contributed by atoms with E-state index in [1.165, 1.54) is 18.3 Å². The molecule has 2 heterocycles. The third kappa shape index (κ3) is 4.29. The second-order valence-corrected chi connectivity index (χ2v) is 5.69. The minimum atomic E-state index is -2.70. The lowest BCUT2D eigenvalue weighted by Crippen LogP contribution is -2.48. The van der Waals surface area contributed by atoms with Gasteiger partial charge in [-0.3, -0.25) is 0 Å². The first-order valence-corrected chi connectivity index (χ1v) is 8.02. The highest BCUT2D eigenvalue weighted by Gasteiger charge is 2.28. The molecule has 26 heavy (non-hydrogen) atoms. The summed E-state index contributed by atoms with van der Waals surface area (Å²) in [6.45, 7) is 0.942. The standard InChI is InChI=1S/C17H17F3N4O2/c18-12-3-1-11(2-4-12)14-10-26-8-7-24(14)17(25)22-9-15-21-6-5-13(23-15)16(19)20/h1-6,14,16H,7-10H2,(H,22,25). The summed E-state index contributed by atoms with van der Waals surface area (Å²) in [5, 5.41) is 2.63. The van der Waals surface area contributed by atoms with Gasteiger partial charge in [-0.2, -0.15) is 0 Å². The van der Waals surface area contributed by atoms with Crippen molar-refractivity contribution in [3.63, 3.8) is 0 Å². The molecular formula is C17H17F3N4O2. The monoisotopic (exact) mass is 366 g/mol. The van der Waals surface area contributed by atoms with Gasteiger partial charge in [0.25, 0.3) is 6.43 Å². The number of amides is 2. The summed E-state index contributed by atoms with van der Waals surface area (Å²) in [6.07, 6.45) is -1.47. The van der Waals surface area contributed by atoms with Crippen LogP contribution in [0.4, 0.5) is 18.0 Å². The van der Waals surface area contributed by atoms with Crippen molar-refractivity contribution in [3.05, 3.63) is 59.4 Å². The lowest BCUT2D eigenvalue weighted by atomic mass is 10.1. The normalized spacial score (nSPS) is 17.4. The molecule has 138 valence electrons. The lowest BCUT2D eigenvalue weighted by molar-refractivity contribution is 0.0115. The minimum Gasteiger partial charge on any atom is -0.377 e. The van der Waals surface area contributed by atoms with Crippen molar-refractivity contribution in [3.8, 4) is 0 Å². The Morgan fingerprint density at radius 2 is 2.08 bits per heavy atom. The highest BCUT2D eigenvalue weighted by molar-refractivity contribution is 5.74. The number of nitrogens with zero attached hydrogens (tertiary/aromatic N) is 3. The lowest BCUT2D eigenvalue weighted by Gasteiger charge is -2.35. The Morgan fingerprint density at radius 1 is 1.31 bits per heavy atom. The van der Waals surface area contributed by atoms with Gasteiger partial charge in [-0.1, -0.05) is 12.1 Å². The second-order valence-electron chi connectivity index (χ2n) is 5.69. The van der Waals surface area contributed by atoms with E-state index < -0.39 is 12.5 Å². The minimum absolute atomic E-state index is 0.0765. The van der Waals surface area contributed by atoms with Crippen LogP contribution in [-0.2, 0) is 11.3 Å². The number of aromatic nitrogens is 2. The fourth-order valence-corrected chi connectivity index (χ4v) is 2.69. The van der Waals surface area contributed by atoms with Gasteiger partial charge >= 0.3 is 6.03 Å². The highest BCUT2D eigenvalue weighted by atomic mass is 19.3. The van der Waals surface area contributed by atoms with Crippen LogP contribution >= 0.6 is 0 Å². The van der Waals surface area contributed by atoms with E-state index in [4.69, 9.17) is 4.74 Å². The number of carbonyl (C=O) groups is 1. The zero-order valence-electron chi connectivity index (χ0n) is 13.7. The maximum atomic E-state index is 13.1. The Morgan fingerprint density at radius 3 is 2.81 bits per heavy atom. The zero-order chi connectivity index (χ0) is 18.5.